The SMILES string of the molecule is CCCC(CSc1ccccc1)(C(N)=S)c1ccccc1. The molecule has 3 heteroatoms. The van der Waals surface area contributed by atoms with Gasteiger partial charge in [0.05, 0.1) is 10.4 Å². The van der Waals surface area contributed by atoms with Crippen LogP contribution in [-0.4, -0.2) is 10.7 Å². The van der Waals surface area contributed by atoms with Gasteiger partial charge in [-0.05, 0) is 24.1 Å². The molecule has 0 fully saturated rings. The summed E-state index contributed by atoms with van der Waals surface area (Å²) in [5, 5.41) is 0. The number of hydrogen-bond donors (Lipinski definition) is 1. The normalized spacial score (nSPS) is 13.6. The summed E-state index contributed by atoms with van der Waals surface area (Å²) in [6, 6.07) is 20.9. The Hall–Kier alpha value is -1.32. The molecule has 0 amide bonds. The van der Waals surface area contributed by atoms with Gasteiger partial charge in [-0.1, -0.05) is 74.1 Å². The van der Waals surface area contributed by atoms with Gasteiger partial charge in [0.25, 0.3) is 0 Å². The van der Waals surface area contributed by atoms with Crippen LogP contribution in [0.2, 0.25) is 0 Å². The van der Waals surface area contributed by atoms with Crippen LogP contribution < -0.4 is 5.73 Å². The van der Waals surface area contributed by atoms with E-state index in [1.807, 2.05) is 23.9 Å². The van der Waals surface area contributed by atoms with E-state index in [9.17, 15) is 0 Å². The molecule has 2 rings (SSSR count). The second-order valence-corrected chi connectivity index (χ2v) is 6.65. The monoisotopic (exact) mass is 315 g/mol. The highest BCUT2D eigenvalue weighted by molar-refractivity contribution is 7.99. The lowest BCUT2D eigenvalue weighted by molar-refractivity contribution is 0.577. The van der Waals surface area contributed by atoms with E-state index in [1.165, 1.54) is 10.5 Å². The zero-order valence-corrected chi connectivity index (χ0v) is 13.9. The van der Waals surface area contributed by atoms with Crippen LogP contribution in [0.15, 0.2) is 65.6 Å². The topological polar surface area (TPSA) is 26.0 Å². The van der Waals surface area contributed by atoms with Crippen molar-refractivity contribution in [1.82, 2.24) is 0 Å². The maximum atomic E-state index is 6.17. The highest BCUT2D eigenvalue weighted by Gasteiger charge is 2.34. The summed E-state index contributed by atoms with van der Waals surface area (Å²) in [6.07, 6.45) is 2.04. The fourth-order valence-corrected chi connectivity index (χ4v) is 4.16. The molecule has 110 valence electrons. The van der Waals surface area contributed by atoms with Gasteiger partial charge in [-0.3, -0.25) is 0 Å². The van der Waals surface area contributed by atoms with Crippen molar-refractivity contribution in [2.45, 2.75) is 30.1 Å². The molecule has 0 aliphatic rings. The molecule has 0 aliphatic heterocycles. The van der Waals surface area contributed by atoms with Gasteiger partial charge in [-0.15, -0.1) is 11.8 Å². The van der Waals surface area contributed by atoms with Crippen molar-refractivity contribution < 1.29 is 0 Å². The lowest BCUT2D eigenvalue weighted by Gasteiger charge is -2.33. The van der Waals surface area contributed by atoms with Gasteiger partial charge in [0.15, 0.2) is 0 Å². The first kappa shape index (κ1) is 16.1. The molecule has 1 nitrogen and oxygen atoms in total. The third-order valence-corrected chi connectivity index (χ3v) is 5.34. The van der Waals surface area contributed by atoms with E-state index in [1.54, 1.807) is 0 Å². The van der Waals surface area contributed by atoms with Crippen LogP contribution in [0.3, 0.4) is 0 Å². The zero-order valence-electron chi connectivity index (χ0n) is 12.3. The molecule has 0 saturated heterocycles. The molecule has 0 saturated carbocycles. The van der Waals surface area contributed by atoms with Gasteiger partial charge in [-0.2, -0.15) is 0 Å². The highest BCUT2D eigenvalue weighted by atomic mass is 32.2. The van der Waals surface area contributed by atoms with Gasteiger partial charge in [0.2, 0.25) is 0 Å². The van der Waals surface area contributed by atoms with Crippen molar-refractivity contribution >= 4 is 29.0 Å². The Labute approximate surface area is 136 Å². The smallest absolute Gasteiger partial charge is 0.0843 e. The number of thioether (sulfide) groups is 1. The fraction of sp³-hybridized carbons (Fsp3) is 0.278. The molecular formula is C18H21NS2. The Kier molecular flexibility index (Phi) is 5.83. The number of benzene rings is 2. The van der Waals surface area contributed by atoms with Crippen molar-refractivity contribution in [3.05, 3.63) is 66.2 Å². The van der Waals surface area contributed by atoms with Crippen molar-refractivity contribution in [2.75, 3.05) is 5.75 Å². The van der Waals surface area contributed by atoms with E-state index in [4.69, 9.17) is 18.0 Å². The quantitative estimate of drug-likeness (QED) is 0.587. The Morgan fingerprint density at radius 1 is 1.05 bits per heavy atom. The van der Waals surface area contributed by atoms with Crippen LogP contribution in [-0.2, 0) is 5.41 Å². The molecule has 0 bridgehead atoms. The molecule has 2 aromatic rings. The number of hydrogen-bond acceptors (Lipinski definition) is 2. The van der Waals surface area contributed by atoms with E-state index in [2.05, 4.69) is 55.5 Å². The maximum Gasteiger partial charge on any atom is 0.0843 e. The van der Waals surface area contributed by atoms with Gasteiger partial charge in [0.1, 0.15) is 0 Å². The van der Waals surface area contributed by atoms with Crippen LogP contribution >= 0.6 is 24.0 Å². The fourth-order valence-electron chi connectivity index (χ4n) is 2.54. The predicted molar refractivity (Wildman–Crippen MR) is 97.0 cm³/mol. The molecule has 2 N–H and O–H groups in total. The Morgan fingerprint density at radius 2 is 1.62 bits per heavy atom. The van der Waals surface area contributed by atoms with Gasteiger partial charge in [-0.25, -0.2) is 0 Å². The second kappa shape index (κ2) is 7.62. The van der Waals surface area contributed by atoms with Crippen molar-refractivity contribution in [3.63, 3.8) is 0 Å². The average molecular weight is 316 g/mol. The largest absolute Gasteiger partial charge is 0.393 e. The Morgan fingerprint density at radius 3 is 2.14 bits per heavy atom. The number of thiocarbonyl (C=S) groups is 1. The lowest BCUT2D eigenvalue weighted by Crippen LogP contribution is -2.42. The van der Waals surface area contributed by atoms with Crippen LogP contribution in [0.1, 0.15) is 25.3 Å². The van der Waals surface area contributed by atoms with E-state index in [0.29, 0.717) is 4.99 Å². The highest BCUT2D eigenvalue weighted by Crippen LogP contribution is 2.36. The predicted octanol–water partition coefficient (Wildman–Crippen LogP) is 4.80. The third kappa shape index (κ3) is 3.86. The summed E-state index contributed by atoms with van der Waals surface area (Å²) in [4.78, 5) is 1.85. The van der Waals surface area contributed by atoms with E-state index in [-0.39, 0.29) is 5.41 Å². The molecule has 0 aliphatic carbocycles. The van der Waals surface area contributed by atoms with Crippen molar-refractivity contribution in [2.24, 2.45) is 5.73 Å². The molecule has 0 aromatic heterocycles. The number of nitrogens with two attached hydrogens (primary N) is 1. The van der Waals surface area contributed by atoms with Crippen molar-refractivity contribution in [3.8, 4) is 0 Å². The minimum Gasteiger partial charge on any atom is -0.393 e. The first-order valence-electron chi connectivity index (χ1n) is 7.22. The molecule has 0 radical (unpaired) electrons. The van der Waals surface area contributed by atoms with Crippen LogP contribution in [0, 0.1) is 0 Å². The van der Waals surface area contributed by atoms with Crippen molar-refractivity contribution in [1.29, 1.82) is 0 Å². The molecule has 0 heterocycles. The average Bonchev–Trinajstić information content (AvgIpc) is 2.53. The third-order valence-electron chi connectivity index (χ3n) is 3.70. The molecule has 1 unspecified atom stereocenters. The lowest BCUT2D eigenvalue weighted by atomic mass is 9.78. The van der Waals surface area contributed by atoms with Gasteiger partial charge in [0, 0.05) is 10.6 Å². The van der Waals surface area contributed by atoms with Gasteiger partial charge < -0.3 is 5.73 Å². The van der Waals surface area contributed by atoms with E-state index < -0.39 is 0 Å². The second-order valence-electron chi connectivity index (χ2n) is 5.16. The minimum atomic E-state index is -0.230. The summed E-state index contributed by atoms with van der Waals surface area (Å²) < 4.78 is 0. The van der Waals surface area contributed by atoms with E-state index in [0.717, 1.165) is 18.6 Å². The first-order valence-corrected chi connectivity index (χ1v) is 8.62. The van der Waals surface area contributed by atoms with Gasteiger partial charge >= 0.3 is 0 Å². The Bertz CT molecular complexity index is 568. The van der Waals surface area contributed by atoms with Crippen LogP contribution in [0.5, 0.6) is 0 Å². The summed E-state index contributed by atoms with van der Waals surface area (Å²) in [5.41, 5.74) is 7.17. The zero-order chi connectivity index (χ0) is 15.1. The summed E-state index contributed by atoms with van der Waals surface area (Å²) in [5.74, 6) is 0.879. The number of rotatable bonds is 7. The minimum absolute atomic E-state index is 0.230. The van der Waals surface area contributed by atoms with E-state index >= 15 is 0 Å². The molecule has 1 atom stereocenters. The molecular weight excluding hydrogens is 294 g/mol. The summed E-state index contributed by atoms with van der Waals surface area (Å²) >= 11 is 7.28. The molecule has 21 heavy (non-hydrogen) atoms. The summed E-state index contributed by atoms with van der Waals surface area (Å²) in [7, 11) is 0. The first-order chi connectivity index (χ1) is 10.2. The maximum absolute atomic E-state index is 6.17. The van der Waals surface area contributed by atoms with Crippen LogP contribution in [0.4, 0.5) is 0 Å². The standard InChI is InChI=1S/C18H21NS2/c1-2-13-18(17(19)20,15-9-5-3-6-10-15)14-21-16-11-7-4-8-12-16/h3-12H,2,13-14H2,1H3,(H2,19,20). The molecule has 0 spiro atoms. The molecule has 2 aromatic carbocycles. The summed E-state index contributed by atoms with van der Waals surface area (Å²) in [6.45, 7) is 2.18. The Balaban J connectivity index is 2.29. The van der Waals surface area contributed by atoms with Crippen LogP contribution in [0.25, 0.3) is 0 Å².